The third-order valence-electron chi connectivity index (χ3n) is 3.25. The van der Waals surface area contributed by atoms with Gasteiger partial charge >= 0.3 is 0 Å². The van der Waals surface area contributed by atoms with Crippen molar-refractivity contribution in [3.05, 3.63) is 41.3 Å². The van der Waals surface area contributed by atoms with Gasteiger partial charge in [0.25, 0.3) is 5.91 Å². The minimum Gasteiger partial charge on any atom is -0.451 e. The Kier molecular flexibility index (Phi) is 2.71. The van der Waals surface area contributed by atoms with Crippen LogP contribution in [0.3, 0.4) is 0 Å². The van der Waals surface area contributed by atoms with Gasteiger partial charge in [-0.1, -0.05) is 0 Å². The van der Waals surface area contributed by atoms with Crippen LogP contribution in [-0.4, -0.2) is 16.1 Å². The van der Waals surface area contributed by atoms with E-state index in [2.05, 4.69) is 15.5 Å². The highest BCUT2D eigenvalue weighted by Gasteiger charge is 2.15. The third kappa shape index (κ3) is 2.01. The second-order valence-corrected chi connectivity index (χ2v) is 4.68. The molecule has 0 unspecified atom stereocenters. The Labute approximate surface area is 115 Å². The molecule has 1 aromatic carbocycles. The summed E-state index contributed by atoms with van der Waals surface area (Å²) < 4.78 is 5.50. The van der Waals surface area contributed by atoms with E-state index in [0.717, 1.165) is 16.6 Å². The number of fused-ring (bicyclic) bond motifs is 1. The lowest BCUT2D eigenvalue weighted by Gasteiger charge is -1.99. The average molecular weight is 270 g/mol. The van der Waals surface area contributed by atoms with Crippen molar-refractivity contribution in [1.82, 2.24) is 10.2 Å². The molecule has 0 saturated heterocycles. The molecule has 0 fully saturated rings. The second-order valence-electron chi connectivity index (χ2n) is 4.68. The van der Waals surface area contributed by atoms with Crippen LogP contribution in [-0.2, 0) is 0 Å². The average Bonchev–Trinajstić information content (AvgIpc) is 2.96. The van der Waals surface area contributed by atoms with Crippen LogP contribution in [0.2, 0.25) is 0 Å². The molecule has 2 aromatic heterocycles. The van der Waals surface area contributed by atoms with Crippen LogP contribution >= 0.6 is 0 Å². The number of anilines is 2. The zero-order valence-electron chi connectivity index (χ0n) is 11.2. The number of hydrogen-bond donors (Lipinski definition) is 3. The summed E-state index contributed by atoms with van der Waals surface area (Å²) in [4.78, 5) is 12.1. The molecule has 0 radical (unpaired) electrons. The molecule has 0 bridgehead atoms. The molecule has 1 amide bonds. The number of nitrogens with zero attached hydrogens (tertiary/aromatic N) is 1. The van der Waals surface area contributed by atoms with Gasteiger partial charge in [-0.15, -0.1) is 0 Å². The summed E-state index contributed by atoms with van der Waals surface area (Å²) >= 11 is 0. The quantitative estimate of drug-likeness (QED) is 0.623. The van der Waals surface area contributed by atoms with Crippen LogP contribution in [0.4, 0.5) is 11.5 Å². The minimum absolute atomic E-state index is 0.227. The van der Waals surface area contributed by atoms with Crippen LogP contribution in [0.5, 0.6) is 0 Å². The monoisotopic (exact) mass is 270 g/mol. The number of amides is 1. The molecule has 3 aromatic rings. The molecule has 102 valence electrons. The van der Waals surface area contributed by atoms with Crippen molar-refractivity contribution < 1.29 is 9.21 Å². The molecule has 0 aliphatic carbocycles. The summed E-state index contributed by atoms with van der Waals surface area (Å²) in [6.07, 6.45) is 0. The van der Waals surface area contributed by atoms with Crippen LogP contribution in [0.15, 0.2) is 28.7 Å². The maximum absolute atomic E-state index is 12.1. The van der Waals surface area contributed by atoms with Gasteiger partial charge in [0, 0.05) is 22.3 Å². The van der Waals surface area contributed by atoms with Crippen molar-refractivity contribution in [1.29, 1.82) is 0 Å². The Balaban J connectivity index is 1.90. The van der Waals surface area contributed by atoms with Crippen molar-refractivity contribution in [2.45, 2.75) is 13.8 Å². The Morgan fingerprint density at radius 1 is 1.35 bits per heavy atom. The number of aromatic nitrogens is 2. The van der Waals surface area contributed by atoms with Gasteiger partial charge in [-0.25, -0.2) is 0 Å². The number of nitrogen functional groups attached to an aromatic ring is 1. The Morgan fingerprint density at radius 2 is 2.15 bits per heavy atom. The van der Waals surface area contributed by atoms with E-state index in [0.29, 0.717) is 17.1 Å². The molecular formula is C14H14N4O2. The molecule has 0 aliphatic heterocycles. The van der Waals surface area contributed by atoms with Gasteiger partial charge in [0.05, 0.1) is 0 Å². The second kappa shape index (κ2) is 4.41. The number of benzene rings is 1. The number of carbonyl (C=O) groups excluding carboxylic acids is 1. The van der Waals surface area contributed by atoms with Gasteiger partial charge in [0.2, 0.25) is 0 Å². The van der Waals surface area contributed by atoms with E-state index in [4.69, 9.17) is 10.2 Å². The highest BCUT2D eigenvalue weighted by Crippen LogP contribution is 2.23. The standard InChI is InChI=1S/C14H14N4O2/c1-7-8(2)17-18-13(7)16-14(19)12-6-9-5-10(15)3-4-11(9)20-12/h3-6H,15H2,1-2H3,(H2,16,17,18,19). The highest BCUT2D eigenvalue weighted by atomic mass is 16.3. The zero-order chi connectivity index (χ0) is 14.3. The lowest BCUT2D eigenvalue weighted by Crippen LogP contribution is -2.11. The molecule has 6 nitrogen and oxygen atoms in total. The number of aryl methyl sites for hydroxylation is 1. The first kappa shape index (κ1) is 12.3. The molecule has 4 N–H and O–H groups in total. The predicted octanol–water partition coefficient (Wildman–Crippen LogP) is 2.61. The van der Waals surface area contributed by atoms with Gasteiger partial charge in [0.15, 0.2) is 11.6 Å². The lowest BCUT2D eigenvalue weighted by molar-refractivity contribution is 0.0998. The van der Waals surface area contributed by atoms with E-state index in [1.165, 1.54) is 0 Å². The van der Waals surface area contributed by atoms with E-state index >= 15 is 0 Å². The van der Waals surface area contributed by atoms with E-state index in [1.54, 1.807) is 24.3 Å². The molecular weight excluding hydrogens is 256 g/mol. The van der Waals surface area contributed by atoms with Gasteiger partial charge in [-0.05, 0) is 38.1 Å². The lowest BCUT2D eigenvalue weighted by atomic mass is 10.2. The Morgan fingerprint density at radius 3 is 2.85 bits per heavy atom. The van der Waals surface area contributed by atoms with Crippen molar-refractivity contribution >= 4 is 28.4 Å². The first-order chi connectivity index (χ1) is 9.54. The maximum atomic E-state index is 12.1. The van der Waals surface area contributed by atoms with E-state index in [-0.39, 0.29) is 11.7 Å². The van der Waals surface area contributed by atoms with Gasteiger partial charge in [-0.2, -0.15) is 5.10 Å². The normalized spacial score (nSPS) is 10.9. The van der Waals surface area contributed by atoms with Crippen LogP contribution in [0, 0.1) is 13.8 Å². The third-order valence-corrected chi connectivity index (χ3v) is 3.25. The summed E-state index contributed by atoms with van der Waals surface area (Å²) in [6, 6.07) is 6.90. The molecule has 0 atom stereocenters. The molecule has 0 spiro atoms. The first-order valence-electron chi connectivity index (χ1n) is 6.16. The topological polar surface area (TPSA) is 96.9 Å². The molecule has 0 saturated carbocycles. The number of hydrogen-bond acceptors (Lipinski definition) is 4. The molecule has 2 heterocycles. The number of aromatic amines is 1. The first-order valence-corrected chi connectivity index (χ1v) is 6.16. The molecule has 6 heteroatoms. The number of H-pyrrole nitrogens is 1. The van der Waals surface area contributed by atoms with Crippen molar-refractivity contribution in [2.24, 2.45) is 0 Å². The summed E-state index contributed by atoms with van der Waals surface area (Å²) in [5.41, 5.74) is 8.77. The summed E-state index contributed by atoms with van der Waals surface area (Å²) in [5.74, 6) is 0.396. The number of carbonyl (C=O) groups is 1. The van der Waals surface area contributed by atoms with E-state index in [9.17, 15) is 4.79 Å². The SMILES string of the molecule is Cc1[nH]nc(NC(=O)c2cc3cc(N)ccc3o2)c1C. The maximum Gasteiger partial charge on any atom is 0.292 e. The smallest absolute Gasteiger partial charge is 0.292 e. The van der Waals surface area contributed by atoms with Gasteiger partial charge in [0.1, 0.15) is 5.58 Å². The predicted molar refractivity (Wildman–Crippen MR) is 76.6 cm³/mol. The Bertz CT molecular complexity index is 801. The largest absolute Gasteiger partial charge is 0.451 e. The number of nitrogens with two attached hydrogens (primary N) is 1. The van der Waals surface area contributed by atoms with Crippen molar-refractivity contribution in [3.63, 3.8) is 0 Å². The summed E-state index contributed by atoms with van der Waals surface area (Å²) in [6.45, 7) is 3.77. The fourth-order valence-corrected chi connectivity index (χ4v) is 1.95. The van der Waals surface area contributed by atoms with Crippen LogP contribution in [0.25, 0.3) is 11.0 Å². The van der Waals surface area contributed by atoms with Crippen LogP contribution in [0.1, 0.15) is 21.8 Å². The zero-order valence-corrected chi connectivity index (χ0v) is 11.2. The number of furan rings is 1. The van der Waals surface area contributed by atoms with E-state index < -0.39 is 0 Å². The van der Waals surface area contributed by atoms with Crippen molar-refractivity contribution in [2.75, 3.05) is 11.1 Å². The Hall–Kier alpha value is -2.76. The molecule has 20 heavy (non-hydrogen) atoms. The summed E-state index contributed by atoms with van der Waals surface area (Å²) in [5, 5.41) is 10.4. The number of rotatable bonds is 2. The van der Waals surface area contributed by atoms with Gasteiger partial charge < -0.3 is 15.5 Å². The van der Waals surface area contributed by atoms with E-state index in [1.807, 2.05) is 13.8 Å². The van der Waals surface area contributed by atoms with Crippen molar-refractivity contribution in [3.8, 4) is 0 Å². The molecule has 3 rings (SSSR count). The highest BCUT2D eigenvalue weighted by molar-refractivity contribution is 6.04. The summed E-state index contributed by atoms with van der Waals surface area (Å²) in [7, 11) is 0. The van der Waals surface area contributed by atoms with Gasteiger partial charge in [-0.3, -0.25) is 9.89 Å². The number of nitrogens with one attached hydrogen (secondary N) is 2. The molecule has 0 aliphatic rings. The fourth-order valence-electron chi connectivity index (χ4n) is 1.95. The fraction of sp³-hybridized carbons (Fsp3) is 0.143. The minimum atomic E-state index is -0.339. The van der Waals surface area contributed by atoms with Crippen LogP contribution < -0.4 is 11.1 Å².